The van der Waals surface area contributed by atoms with Crippen LogP contribution in [0.4, 0.5) is 5.69 Å². The fourth-order valence-electron chi connectivity index (χ4n) is 2.99. The number of thiocarbonyl (C=S) groups is 1. The summed E-state index contributed by atoms with van der Waals surface area (Å²) in [6.07, 6.45) is 9.44. The van der Waals surface area contributed by atoms with E-state index in [1.54, 1.807) is 0 Å². The molecule has 1 aliphatic carbocycles. The second-order valence-electron chi connectivity index (χ2n) is 5.33. The van der Waals surface area contributed by atoms with Gasteiger partial charge in [0.2, 0.25) is 0 Å². The summed E-state index contributed by atoms with van der Waals surface area (Å²) in [4.78, 5) is 0.868. The molecule has 0 fully saturated rings. The molecular formula is C17H13BrN2S. The summed E-state index contributed by atoms with van der Waals surface area (Å²) in [7, 11) is 0. The Morgan fingerprint density at radius 3 is 2.86 bits per heavy atom. The van der Waals surface area contributed by atoms with Gasteiger partial charge in [0.1, 0.15) is 0 Å². The fourth-order valence-corrected chi connectivity index (χ4v) is 3.68. The summed E-state index contributed by atoms with van der Waals surface area (Å²) >= 11 is 9.11. The maximum atomic E-state index is 5.51. The van der Waals surface area contributed by atoms with Crippen molar-refractivity contribution in [3.63, 3.8) is 0 Å². The molecule has 2 N–H and O–H groups in total. The van der Waals surface area contributed by atoms with Crippen molar-refractivity contribution in [3.8, 4) is 0 Å². The van der Waals surface area contributed by atoms with Crippen LogP contribution < -0.4 is 10.6 Å². The van der Waals surface area contributed by atoms with Crippen LogP contribution in [0.25, 0.3) is 5.70 Å². The van der Waals surface area contributed by atoms with E-state index in [0.29, 0.717) is 0 Å². The van der Waals surface area contributed by atoms with Gasteiger partial charge in [-0.15, -0.1) is 0 Å². The molecule has 2 nitrogen and oxygen atoms in total. The largest absolute Gasteiger partial charge is 0.355 e. The fraction of sp³-hybridized carbons (Fsp3) is 0.118. The molecule has 2 heterocycles. The molecule has 0 saturated carbocycles. The first kappa shape index (κ1) is 13.0. The standard InChI is InChI=1S/C17H13BrN2S/c18-11-5-6-12-8-10(7-11)14-9-16(21)20-15-4-2-1-3-13(15)17(14)19-12/h1-8,10,19H,9H2,(H,20,21). The van der Waals surface area contributed by atoms with Crippen LogP contribution in [0.3, 0.4) is 0 Å². The Morgan fingerprint density at radius 1 is 1.10 bits per heavy atom. The van der Waals surface area contributed by atoms with Gasteiger partial charge >= 0.3 is 0 Å². The molecule has 1 aromatic carbocycles. The first-order valence-electron chi connectivity index (χ1n) is 6.87. The first-order chi connectivity index (χ1) is 10.2. The number of hydrogen-bond donors (Lipinski definition) is 2. The lowest BCUT2D eigenvalue weighted by Gasteiger charge is -2.25. The van der Waals surface area contributed by atoms with Gasteiger partial charge < -0.3 is 10.6 Å². The Labute approximate surface area is 137 Å². The number of benzene rings is 1. The number of allylic oxidation sites excluding steroid dienone is 5. The van der Waals surface area contributed by atoms with Gasteiger partial charge in [-0.05, 0) is 29.9 Å². The number of fused-ring (bicyclic) bond motifs is 4. The third kappa shape index (κ3) is 2.28. The summed E-state index contributed by atoms with van der Waals surface area (Å²) < 4.78 is 1.10. The minimum atomic E-state index is 0.270. The van der Waals surface area contributed by atoms with Crippen LogP contribution in [0.15, 0.2) is 64.3 Å². The van der Waals surface area contributed by atoms with Crippen LogP contribution >= 0.6 is 28.1 Å². The van der Waals surface area contributed by atoms with Gasteiger partial charge in [0, 0.05) is 39.5 Å². The molecule has 1 unspecified atom stereocenters. The van der Waals surface area contributed by atoms with Gasteiger partial charge in [0.25, 0.3) is 0 Å². The van der Waals surface area contributed by atoms with E-state index in [9.17, 15) is 0 Å². The quantitative estimate of drug-likeness (QED) is 0.669. The third-order valence-corrected chi connectivity index (χ3v) is 4.71. The molecule has 2 bridgehead atoms. The molecule has 4 heteroatoms. The lowest BCUT2D eigenvalue weighted by molar-refractivity contribution is 0.875. The van der Waals surface area contributed by atoms with Crippen molar-refractivity contribution in [2.45, 2.75) is 6.42 Å². The Hall–Kier alpha value is -1.65. The maximum absolute atomic E-state index is 5.51. The Morgan fingerprint density at radius 2 is 1.95 bits per heavy atom. The monoisotopic (exact) mass is 356 g/mol. The number of halogens is 1. The summed E-state index contributed by atoms with van der Waals surface area (Å²) in [6, 6.07) is 8.31. The third-order valence-electron chi connectivity index (χ3n) is 3.93. The van der Waals surface area contributed by atoms with Crippen molar-refractivity contribution in [2.75, 3.05) is 5.32 Å². The molecule has 3 aliphatic rings. The highest BCUT2D eigenvalue weighted by Gasteiger charge is 2.27. The Kier molecular flexibility index (Phi) is 3.08. The molecule has 0 aromatic heterocycles. The second kappa shape index (κ2) is 4.97. The molecule has 2 aliphatic heterocycles. The Balaban J connectivity index is 1.92. The van der Waals surface area contributed by atoms with E-state index in [2.05, 4.69) is 69.1 Å². The highest BCUT2D eigenvalue weighted by Crippen LogP contribution is 2.39. The van der Waals surface area contributed by atoms with Gasteiger partial charge in [-0.25, -0.2) is 0 Å². The van der Waals surface area contributed by atoms with E-state index in [0.717, 1.165) is 27.3 Å². The SMILES string of the molecule is S=C1CC2=C(NC3=CC2C=C(Br)C=C3)c2ccccc2N1. The van der Waals surface area contributed by atoms with E-state index in [1.807, 2.05) is 6.07 Å². The molecule has 4 rings (SSSR count). The summed E-state index contributed by atoms with van der Waals surface area (Å²) in [5.41, 5.74) is 5.89. The average molecular weight is 357 g/mol. The van der Waals surface area contributed by atoms with Crippen molar-refractivity contribution in [2.24, 2.45) is 5.92 Å². The van der Waals surface area contributed by atoms with Crippen LogP contribution in [0.1, 0.15) is 12.0 Å². The highest BCUT2D eigenvalue weighted by atomic mass is 79.9. The predicted octanol–water partition coefficient (Wildman–Crippen LogP) is 4.49. The lowest BCUT2D eigenvalue weighted by atomic mass is 9.89. The number of anilines is 1. The van der Waals surface area contributed by atoms with E-state index in [4.69, 9.17) is 12.2 Å². The number of para-hydroxylation sites is 1. The minimum Gasteiger partial charge on any atom is -0.355 e. The number of hydrogen-bond acceptors (Lipinski definition) is 2. The van der Waals surface area contributed by atoms with Crippen molar-refractivity contribution < 1.29 is 0 Å². The zero-order valence-corrected chi connectivity index (χ0v) is 13.6. The van der Waals surface area contributed by atoms with Gasteiger partial charge in [0.05, 0.1) is 4.99 Å². The number of rotatable bonds is 0. The summed E-state index contributed by atoms with van der Waals surface area (Å²) in [5, 5.41) is 6.93. The molecule has 104 valence electrons. The minimum absolute atomic E-state index is 0.270. The lowest BCUT2D eigenvalue weighted by Crippen LogP contribution is -2.21. The van der Waals surface area contributed by atoms with Gasteiger partial charge in [-0.3, -0.25) is 0 Å². The normalized spacial score (nSPS) is 22.9. The van der Waals surface area contributed by atoms with Crippen molar-refractivity contribution >= 4 is 44.5 Å². The van der Waals surface area contributed by atoms with Gasteiger partial charge in [-0.2, -0.15) is 0 Å². The van der Waals surface area contributed by atoms with E-state index in [1.165, 1.54) is 16.8 Å². The van der Waals surface area contributed by atoms with Gasteiger partial charge in [0.15, 0.2) is 0 Å². The molecule has 0 saturated heterocycles. The maximum Gasteiger partial charge on any atom is 0.0839 e. The molecule has 21 heavy (non-hydrogen) atoms. The van der Waals surface area contributed by atoms with Crippen LogP contribution in [0.5, 0.6) is 0 Å². The average Bonchev–Trinajstić information content (AvgIpc) is 2.71. The zero-order valence-electron chi connectivity index (χ0n) is 11.2. The Bertz CT molecular complexity index is 769. The summed E-state index contributed by atoms with van der Waals surface area (Å²) in [5.74, 6) is 0.270. The number of dihydropyridines is 1. The van der Waals surface area contributed by atoms with Crippen LogP contribution in [-0.2, 0) is 0 Å². The van der Waals surface area contributed by atoms with Crippen LogP contribution in [-0.4, -0.2) is 4.99 Å². The topological polar surface area (TPSA) is 24.1 Å². The molecular weight excluding hydrogens is 344 g/mol. The van der Waals surface area contributed by atoms with Gasteiger partial charge in [-0.1, -0.05) is 52.4 Å². The molecule has 1 aromatic rings. The first-order valence-corrected chi connectivity index (χ1v) is 8.07. The van der Waals surface area contributed by atoms with E-state index >= 15 is 0 Å². The molecule has 0 radical (unpaired) electrons. The van der Waals surface area contributed by atoms with Crippen molar-refractivity contribution in [1.82, 2.24) is 5.32 Å². The zero-order chi connectivity index (χ0) is 14.4. The van der Waals surface area contributed by atoms with Crippen LogP contribution in [0, 0.1) is 5.92 Å². The van der Waals surface area contributed by atoms with E-state index < -0.39 is 0 Å². The number of nitrogens with one attached hydrogen (secondary N) is 2. The smallest absolute Gasteiger partial charge is 0.0839 e. The summed E-state index contributed by atoms with van der Waals surface area (Å²) in [6.45, 7) is 0. The molecule has 0 spiro atoms. The van der Waals surface area contributed by atoms with Crippen LogP contribution in [0.2, 0.25) is 0 Å². The van der Waals surface area contributed by atoms with Crippen molar-refractivity contribution in [3.05, 3.63) is 69.9 Å². The molecule has 1 atom stereocenters. The van der Waals surface area contributed by atoms with Crippen molar-refractivity contribution in [1.29, 1.82) is 0 Å². The highest BCUT2D eigenvalue weighted by molar-refractivity contribution is 9.11. The molecule has 0 amide bonds. The predicted molar refractivity (Wildman–Crippen MR) is 95.1 cm³/mol. The van der Waals surface area contributed by atoms with E-state index in [-0.39, 0.29) is 5.92 Å². The second-order valence-corrected chi connectivity index (χ2v) is 6.74.